The molecule has 5 heteroatoms. The molecule has 0 saturated heterocycles. The van der Waals surface area contributed by atoms with Gasteiger partial charge in [-0.1, -0.05) is 26.0 Å². The van der Waals surface area contributed by atoms with Gasteiger partial charge >= 0.3 is 0 Å². The van der Waals surface area contributed by atoms with E-state index in [4.69, 9.17) is 4.74 Å². The van der Waals surface area contributed by atoms with E-state index in [9.17, 15) is 9.59 Å². The number of carbonyl (C=O) groups excluding carboxylic acids is 2. The van der Waals surface area contributed by atoms with E-state index >= 15 is 0 Å². The smallest absolute Gasteiger partial charge is 0.255 e. The van der Waals surface area contributed by atoms with Crippen molar-refractivity contribution in [1.29, 1.82) is 0 Å². The van der Waals surface area contributed by atoms with Crippen LogP contribution in [0.25, 0.3) is 0 Å². The first-order chi connectivity index (χ1) is 12.4. The van der Waals surface area contributed by atoms with Gasteiger partial charge in [0.2, 0.25) is 0 Å². The molecule has 0 fully saturated rings. The zero-order valence-corrected chi connectivity index (χ0v) is 15.8. The van der Waals surface area contributed by atoms with Crippen molar-refractivity contribution < 1.29 is 14.3 Å². The van der Waals surface area contributed by atoms with Crippen LogP contribution in [-0.2, 0) is 0 Å². The fraction of sp³-hybridized carbons (Fsp3) is 0.333. The van der Waals surface area contributed by atoms with E-state index in [1.165, 1.54) is 0 Å². The van der Waals surface area contributed by atoms with Gasteiger partial charge in [0.25, 0.3) is 11.8 Å². The number of ether oxygens (including phenoxy) is 1. The first-order valence-corrected chi connectivity index (χ1v) is 8.75. The van der Waals surface area contributed by atoms with Gasteiger partial charge in [0, 0.05) is 17.7 Å². The van der Waals surface area contributed by atoms with Crippen molar-refractivity contribution in [3.05, 3.63) is 59.2 Å². The summed E-state index contributed by atoms with van der Waals surface area (Å²) < 4.78 is 5.28. The minimum absolute atomic E-state index is 0.173. The molecule has 2 aromatic rings. The molecule has 0 aliphatic rings. The molecule has 0 aliphatic heterocycles. The fourth-order valence-corrected chi connectivity index (χ4v) is 2.49. The maximum absolute atomic E-state index is 12.6. The van der Waals surface area contributed by atoms with E-state index < -0.39 is 0 Å². The molecular formula is C21H26N2O3. The summed E-state index contributed by atoms with van der Waals surface area (Å²) in [5, 5.41) is 5.73. The number of hydrogen-bond acceptors (Lipinski definition) is 3. The van der Waals surface area contributed by atoms with Crippen molar-refractivity contribution in [3.8, 4) is 5.75 Å². The molecule has 0 aromatic heterocycles. The summed E-state index contributed by atoms with van der Waals surface area (Å²) in [6.07, 6.45) is 0.916. The largest absolute Gasteiger partial charge is 0.495 e. The number of anilines is 1. The maximum Gasteiger partial charge on any atom is 0.255 e. The van der Waals surface area contributed by atoms with Gasteiger partial charge in [0.05, 0.1) is 12.8 Å². The highest BCUT2D eigenvalue weighted by atomic mass is 16.5. The zero-order chi connectivity index (χ0) is 19.1. The van der Waals surface area contributed by atoms with Crippen LogP contribution in [0.5, 0.6) is 5.75 Å². The number of benzene rings is 2. The molecule has 26 heavy (non-hydrogen) atoms. The van der Waals surface area contributed by atoms with Crippen LogP contribution < -0.4 is 15.4 Å². The minimum Gasteiger partial charge on any atom is -0.495 e. The Morgan fingerprint density at radius 1 is 1.04 bits per heavy atom. The molecule has 2 aromatic carbocycles. The van der Waals surface area contributed by atoms with Gasteiger partial charge in [-0.2, -0.15) is 0 Å². The van der Waals surface area contributed by atoms with Crippen LogP contribution in [0, 0.1) is 12.8 Å². The van der Waals surface area contributed by atoms with Gasteiger partial charge in [-0.15, -0.1) is 0 Å². The molecule has 0 spiro atoms. The summed E-state index contributed by atoms with van der Waals surface area (Å²) in [6, 6.07) is 12.3. The molecule has 2 amide bonds. The van der Waals surface area contributed by atoms with Crippen LogP contribution in [0.2, 0.25) is 0 Å². The standard InChI is InChI=1S/C21H26N2O3/c1-14(2)10-11-22-20(24)16-6-5-7-17(13-16)21(25)23-18-12-15(3)8-9-19(18)26-4/h5-9,12-14H,10-11H2,1-4H3,(H,22,24)(H,23,25). The van der Waals surface area contributed by atoms with Gasteiger partial charge in [0.15, 0.2) is 0 Å². The normalized spacial score (nSPS) is 10.5. The Labute approximate surface area is 154 Å². The van der Waals surface area contributed by atoms with E-state index in [0.717, 1.165) is 12.0 Å². The average Bonchev–Trinajstić information content (AvgIpc) is 2.61. The van der Waals surface area contributed by atoms with E-state index in [1.807, 2.05) is 25.1 Å². The lowest BCUT2D eigenvalue weighted by Crippen LogP contribution is -2.25. The number of hydrogen-bond donors (Lipinski definition) is 2. The quantitative estimate of drug-likeness (QED) is 0.789. The Hall–Kier alpha value is -2.82. The van der Waals surface area contributed by atoms with E-state index in [2.05, 4.69) is 24.5 Å². The molecule has 0 atom stereocenters. The predicted molar refractivity (Wildman–Crippen MR) is 104 cm³/mol. The van der Waals surface area contributed by atoms with Crippen molar-refractivity contribution in [3.63, 3.8) is 0 Å². The van der Waals surface area contributed by atoms with Crippen LogP contribution in [0.4, 0.5) is 5.69 Å². The van der Waals surface area contributed by atoms with Crippen molar-refractivity contribution in [2.45, 2.75) is 27.2 Å². The number of amides is 2. The van der Waals surface area contributed by atoms with Crippen molar-refractivity contribution in [2.75, 3.05) is 19.0 Å². The number of nitrogens with one attached hydrogen (secondary N) is 2. The van der Waals surface area contributed by atoms with Gasteiger partial charge in [-0.05, 0) is 55.2 Å². The summed E-state index contributed by atoms with van der Waals surface area (Å²) in [6.45, 7) is 6.78. The third-order valence-electron chi connectivity index (χ3n) is 4.00. The Balaban J connectivity index is 2.10. The lowest BCUT2D eigenvalue weighted by atomic mass is 10.1. The van der Waals surface area contributed by atoms with Crippen molar-refractivity contribution >= 4 is 17.5 Å². The van der Waals surface area contributed by atoms with Crippen molar-refractivity contribution in [1.82, 2.24) is 5.32 Å². The van der Waals surface area contributed by atoms with Gasteiger partial charge in [-0.25, -0.2) is 0 Å². The molecule has 2 N–H and O–H groups in total. The first kappa shape index (κ1) is 19.5. The lowest BCUT2D eigenvalue weighted by Gasteiger charge is -2.12. The molecule has 2 rings (SSSR count). The van der Waals surface area contributed by atoms with E-state index in [0.29, 0.717) is 35.0 Å². The summed E-state index contributed by atoms with van der Waals surface area (Å²) in [5.41, 5.74) is 2.51. The Kier molecular flexibility index (Phi) is 6.78. The van der Waals surface area contributed by atoms with E-state index in [-0.39, 0.29) is 11.8 Å². The van der Waals surface area contributed by atoms with Crippen LogP contribution in [0.15, 0.2) is 42.5 Å². The van der Waals surface area contributed by atoms with Crippen LogP contribution >= 0.6 is 0 Å². The Morgan fingerprint density at radius 2 is 1.73 bits per heavy atom. The highest BCUT2D eigenvalue weighted by Gasteiger charge is 2.13. The molecular weight excluding hydrogens is 328 g/mol. The second-order valence-electron chi connectivity index (χ2n) is 6.68. The molecule has 0 heterocycles. The monoisotopic (exact) mass is 354 g/mol. The molecule has 0 radical (unpaired) electrons. The minimum atomic E-state index is -0.286. The third kappa shape index (κ3) is 5.34. The number of methoxy groups -OCH3 is 1. The van der Waals surface area contributed by atoms with Gasteiger partial charge < -0.3 is 15.4 Å². The lowest BCUT2D eigenvalue weighted by molar-refractivity contribution is 0.0952. The highest BCUT2D eigenvalue weighted by molar-refractivity contribution is 6.06. The molecule has 5 nitrogen and oxygen atoms in total. The van der Waals surface area contributed by atoms with Gasteiger partial charge in [0.1, 0.15) is 5.75 Å². The van der Waals surface area contributed by atoms with Crippen molar-refractivity contribution in [2.24, 2.45) is 5.92 Å². The number of rotatable bonds is 7. The molecule has 0 saturated carbocycles. The molecule has 0 unspecified atom stereocenters. The second kappa shape index (κ2) is 9.04. The third-order valence-corrected chi connectivity index (χ3v) is 4.00. The van der Waals surface area contributed by atoms with Crippen LogP contribution in [0.3, 0.4) is 0 Å². The zero-order valence-electron chi connectivity index (χ0n) is 15.8. The summed E-state index contributed by atoms with van der Waals surface area (Å²) >= 11 is 0. The summed E-state index contributed by atoms with van der Waals surface area (Å²) in [7, 11) is 1.56. The molecule has 138 valence electrons. The first-order valence-electron chi connectivity index (χ1n) is 8.75. The molecule has 0 bridgehead atoms. The fourth-order valence-electron chi connectivity index (χ4n) is 2.49. The highest BCUT2D eigenvalue weighted by Crippen LogP contribution is 2.25. The van der Waals surface area contributed by atoms with Gasteiger partial charge in [-0.3, -0.25) is 9.59 Å². The summed E-state index contributed by atoms with van der Waals surface area (Å²) in [5.74, 6) is 0.655. The Morgan fingerprint density at radius 3 is 2.38 bits per heavy atom. The predicted octanol–water partition coefficient (Wildman–Crippen LogP) is 4.03. The van der Waals surface area contributed by atoms with Crippen LogP contribution in [0.1, 0.15) is 46.5 Å². The Bertz CT molecular complexity index is 785. The summed E-state index contributed by atoms with van der Waals surface area (Å²) in [4.78, 5) is 24.8. The number of carbonyl (C=O) groups is 2. The van der Waals surface area contributed by atoms with E-state index in [1.54, 1.807) is 31.4 Å². The average molecular weight is 354 g/mol. The topological polar surface area (TPSA) is 67.4 Å². The molecule has 0 aliphatic carbocycles. The maximum atomic E-state index is 12.6. The number of aryl methyl sites for hydroxylation is 1. The second-order valence-corrected chi connectivity index (χ2v) is 6.68. The van der Waals surface area contributed by atoms with Crippen LogP contribution in [-0.4, -0.2) is 25.5 Å². The SMILES string of the molecule is COc1ccc(C)cc1NC(=O)c1cccc(C(=O)NCCC(C)C)c1.